The van der Waals surface area contributed by atoms with Crippen molar-refractivity contribution in [1.29, 1.82) is 0 Å². The van der Waals surface area contributed by atoms with Crippen molar-refractivity contribution in [1.82, 2.24) is 0 Å². The number of benzene rings is 1. The summed E-state index contributed by atoms with van der Waals surface area (Å²) < 4.78 is 4.43. The Kier molecular flexibility index (Phi) is 3.71. The standard InChI is InChI=1S/C10H10O3S/c1-7(11)13-10(12)8-3-5-9(14-2)6-4-8/h3-6H,1-2H3. The van der Waals surface area contributed by atoms with Crippen molar-refractivity contribution in [3.05, 3.63) is 29.8 Å². The minimum Gasteiger partial charge on any atom is -0.390 e. The third-order valence-corrected chi connectivity index (χ3v) is 2.31. The van der Waals surface area contributed by atoms with Crippen molar-refractivity contribution in [2.24, 2.45) is 0 Å². The fraction of sp³-hybridized carbons (Fsp3) is 0.200. The van der Waals surface area contributed by atoms with Crippen molar-refractivity contribution in [2.45, 2.75) is 11.8 Å². The third-order valence-electron chi connectivity index (χ3n) is 1.56. The Hall–Kier alpha value is -1.29. The average molecular weight is 210 g/mol. The number of thioether (sulfide) groups is 1. The van der Waals surface area contributed by atoms with E-state index in [-0.39, 0.29) is 0 Å². The van der Waals surface area contributed by atoms with Gasteiger partial charge in [0.15, 0.2) is 0 Å². The summed E-state index contributed by atoms with van der Waals surface area (Å²) in [7, 11) is 0. The van der Waals surface area contributed by atoms with Gasteiger partial charge in [-0.3, -0.25) is 4.79 Å². The maximum Gasteiger partial charge on any atom is 0.345 e. The van der Waals surface area contributed by atoms with Crippen LogP contribution in [-0.2, 0) is 9.53 Å². The van der Waals surface area contributed by atoms with Gasteiger partial charge in [0.05, 0.1) is 5.56 Å². The SMILES string of the molecule is CSc1ccc(C(=O)OC(C)=O)cc1. The lowest BCUT2D eigenvalue weighted by Crippen LogP contribution is -2.08. The lowest BCUT2D eigenvalue weighted by molar-refractivity contribution is -0.135. The van der Waals surface area contributed by atoms with E-state index in [0.717, 1.165) is 4.90 Å². The van der Waals surface area contributed by atoms with Crippen LogP contribution in [0.25, 0.3) is 0 Å². The molecule has 0 spiro atoms. The molecule has 0 bridgehead atoms. The summed E-state index contributed by atoms with van der Waals surface area (Å²) in [6, 6.07) is 6.89. The molecule has 3 nitrogen and oxygen atoms in total. The van der Waals surface area contributed by atoms with Gasteiger partial charge >= 0.3 is 11.9 Å². The minimum absolute atomic E-state index is 0.387. The molecule has 0 amide bonds. The van der Waals surface area contributed by atoms with E-state index in [4.69, 9.17) is 0 Å². The highest BCUT2D eigenvalue weighted by molar-refractivity contribution is 7.98. The van der Waals surface area contributed by atoms with Gasteiger partial charge in [-0.05, 0) is 30.5 Å². The summed E-state index contributed by atoms with van der Waals surface area (Å²) in [5.74, 6) is -1.20. The van der Waals surface area contributed by atoms with Gasteiger partial charge < -0.3 is 4.74 Å². The van der Waals surface area contributed by atoms with Crippen LogP contribution in [-0.4, -0.2) is 18.2 Å². The largest absolute Gasteiger partial charge is 0.390 e. The summed E-state index contributed by atoms with van der Waals surface area (Å²) in [5, 5.41) is 0. The first kappa shape index (κ1) is 10.8. The van der Waals surface area contributed by atoms with Gasteiger partial charge in [-0.1, -0.05) is 0 Å². The second-order valence-electron chi connectivity index (χ2n) is 2.61. The molecule has 0 aromatic heterocycles. The molecule has 0 aliphatic heterocycles. The Balaban J connectivity index is 2.76. The zero-order valence-corrected chi connectivity index (χ0v) is 8.76. The summed E-state index contributed by atoms with van der Waals surface area (Å²) in [6.45, 7) is 1.20. The van der Waals surface area contributed by atoms with Crippen molar-refractivity contribution in [2.75, 3.05) is 6.26 Å². The number of hydrogen-bond donors (Lipinski definition) is 0. The van der Waals surface area contributed by atoms with Gasteiger partial charge in [0, 0.05) is 11.8 Å². The highest BCUT2D eigenvalue weighted by Gasteiger charge is 2.08. The van der Waals surface area contributed by atoms with Gasteiger partial charge in [0.1, 0.15) is 0 Å². The Labute approximate surface area is 86.5 Å². The third kappa shape index (κ3) is 2.88. The smallest absolute Gasteiger partial charge is 0.345 e. The topological polar surface area (TPSA) is 43.4 Å². The molecule has 1 aromatic carbocycles. The van der Waals surface area contributed by atoms with E-state index in [2.05, 4.69) is 4.74 Å². The van der Waals surface area contributed by atoms with Gasteiger partial charge in [-0.2, -0.15) is 0 Å². The fourth-order valence-corrected chi connectivity index (χ4v) is 1.32. The lowest BCUT2D eigenvalue weighted by atomic mass is 10.2. The molecule has 0 saturated heterocycles. The number of esters is 2. The predicted molar refractivity (Wildman–Crippen MR) is 54.3 cm³/mol. The molecule has 1 rings (SSSR count). The van der Waals surface area contributed by atoms with E-state index in [1.165, 1.54) is 6.92 Å². The monoisotopic (exact) mass is 210 g/mol. The molecular formula is C10H10O3S. The summed E-state index contributed by atoms with van der Waals surface area (Å²) in [4.78, 5) is 22.8. The number of ether oxygens (including phenoxy) is 1. The van der Waals surface area contributed by atoms with Crippen LogP contribution in [0.2, 0.25) is 0 Å². The van der Waals surface area contributed by atoms with Crippen LogP contribution in [0.4, 0.5) is 0 Å². The number of rotatable bonds is 2. The van der Waals surface area contributed by atoms with Crippen molar-refractivity contribution in [3.8, 4) is 0 Å². The Bertz CT molecular complexity index is 343. The van der Waals surface area contributed by atoms with E-state index >= 15 is 0 Å². The van der Waals surface area contributed by atoms with E-state index in [9.17, 15) is 9.59 Å². The first-order chi connectivity index (χ1) is 6.63. The van der Waals surface area contributed by atoms with Crippen molar-refractivity contribution < 1.29 is 14.3 Å². The first-order valence-corrected chi connectivity index (χ1v) is 5.22. The number of carbonyl (C=O) groups is 2. The molecule has 0 saturated carbocycles. The zero-order chi connectivity index (χ0) is 10.6. The molecule has 0 aliphatic rings. The molecule has 0 unspecified atom stereocenters. The van der Waals surface area contributed by atoms with Gasteiger partial charge in [0.2, 0.25) is 0 Å². The molecule has 1 aromatic rings. The molecule has 0 heterocycles. The molecule has 0 atom stereocenters. The van der Waals surface area contributed by atoms with Crippen LogP contribution < -0.4 is 0 Å². The summed E-state index contributed by atoms with van der Waals surface area (Å²) in [5.41, 5.74) is 0.387. The Morgan fingerprint density at radius 3 is 2.21 bits per heavy atom. The molecule has 0 aliphatic carbocycles. The minimum atomic E-state index is -0.606. The summed E-state index contributed by atoms with van der Waals surface area (Å²) in [6.07, 6.45) is 1.95. The second-order valence-corrected chi connectivity index (χ2v) is 3.49. The van der Waals surface area contributed by atoms with Crippen LogP contribution >= 0.6 is 11.8 Å². The van der Waals surface area contributed by atoms with Gasteiger partial charge in [-0.25, -0.2) is 4.79 Å². The highest BCUT2D eigenvalue weighted by atomic mass is 32.2. The maximum atomic E-state index is 11.2. The Morgan fingerprint density at radius 1 is 1.21 bits per heavy atom. The van der Waals surface area contributed by atoms with Crippen LogP contribution in [0, 0.1) is 0 Å². The van der Waals surface area contributed by atoms with Crippen molar-refractivity contribution in [3.63, 3.8) is 0 Å². The molecule has 14 heavy (non-hydrogen) atoms. The molecular weight excluding hydrogens is 200 g/mol. The Morgan fingerprint density at radius 2 is 1.79 bits per heavy atom. The number of hydrogen-bond acceptors (Lipinski definition) is 4. The van der Waals surface area contributed by atoms with Crippen LogP contribution in [0.3, 0.4) is 0 Å². The predicted octanol–water partition coefficient (Wildman–Crippen LogP) is 2.11. The van der Waals surface area contributed by atoms with E-state index < -0.39 is 11.9 Å². The normalized spacial score (nSPS) is 9.57. The molecule has 0 fully saturated rings. The van der Waals surface area contributed by atoms with Crippen LogP contribution in [0.15, 0.2) is 29.2 Å². The first-order valence-electron chi connectivity index (χ1n) is 4.00. The second kappa shape index (κ2) is 4.81. The fourth-order valence-electron chi connectivity index (χ4n) is 0.917. The maximum absolute atomic E-state index is 11.2. The van der Waals surface area contributed by atoms with E-state index in [1.807, 2.05) is 6.26 Å². The quantitative estimate of drug-likeness (QED) is 0.426. The van der Waals surface area contributed by atoms with E-state index in [0.29, 0.717) is 5.56 Å². The van der Waals surface area contributed by atoms with E-state index in [1.54, 1.807) is 36.0 Å². The molecule has 74 valence electrons. The van der Waals surface area contributed by atoms with Crippen LogP contribution in [0.1, 0.15) is 17.3 Å². The molecule has 4 heteroatoms. The summed E-state index contributed by atoms with van der Waals surface area (Å²) >= 11 is 1.58. The molecule has 0 N–H and O–H groups in total. The average Bonchev–Trinajstić information content (AvgIpc) is 2.17. The molecule has 0 radical (unpaired) electrons. The van der Waals surface area contributed by atoms with Gasteiger partial charge in [0.25, 0.3) is 0 Å². The van der Waals surface area contributed by atoms with Crippen LogP contribution in [0.5, 0.6) is 0 Å². The van der Waals surface area contributed by atoms with Crippen molar-refractivity contribution >= 4 is 23.7 Å². The highest BCUT2D eigenvalue weighted by Crippen LogP contribution is 2.15. The lowest BCUT2D eigenvalue weighted by Gasteiger charge is -2.00. The number of carbonyl (C=O) groups excluding carboxylic acids is 2. The van der Waals surface area contributed by atoms with Gasteiger partial charge in [-0.15, -0.1) is 11.8 Å². The zero-order valence-electron chi connectivity index (χ0n) is 7.94.